The lowest BCUT2D eigenvalue weighted by atomic mass is 10.0. The van der Waals surface area contributed by atoms with Crippen LogP contribution in [0.25, 0.3) is 0 Å². The van der Waals surface area contributed by atoms with Crippen molar-refractivity contribution in [3.63, 3.8) is 0 Å². The molecule has 1 aliphatic carbocycles. The van der Waals surface area contributed by atoms with Crippen LogP contribution in [0, 0.1) is 5.92 Å². The highest BCUT2D eigenvalue weighted by Crippen LogP contribution is 2.32. The standard InChI is InChI=1S/C16H20Br2N2O/c17-14-4-1-11(9-15(14)18)10-19-13-5-7-20(8-6-13)16(21)12-2-3-12/h1,4,9,12-13,19H,2-3,5-8,10H2. The first-order chi connectivity index (χ1) is 10.1. The highest BCUT2D eigenvalue weighted by atomic mass is 79.9. The van der Waals surface area contributed by atoms with Gasteiger partial charge in [-0.3, -0.25) is 4.79 Å². The van der Waals surface area contributed by atoms with Gasteiger partial charge in [0.05, 0.1) is 0 Å². The third-order valence-corrected chi connectivity index (χ3v) is 6.19. The number of halogens is 2. The molecule has 1 heterocycles. The number of piperidine rings is 1. The quantitative estimate of drug-likeness (QED) is 0.812. The Balaban J connectivity index is 1.44. The van der Waals surface area contributed by atoms with E-state index in [2.05, 4.69) is 60.3 Å². The van der Waals surface area contributed by atoms with Crippen LogP contribution in [-0.4, -0.2) is 29.9 Å². The van der Waals surface area contributed by atoms with Crippen LogP contribution in [0.3, 0.4) is 0 Å². The van der Waals surface area contributed by atoms with Gasteiger partial charge in [0.15, 0.2) is 0 Å². The second-order valence-corrected chi connectivity index (χ2v) is 7.71. The molecule has 2 fully saturated rings. The molecule has 1 N–H and O–H groups in total. The lowest BCUT2D eigenvalue weighted by Gasteiger charge is -2.32. The third-order valence-electron chi connectivity index (χ3n) is 4.31. The zero-order valence-electron chi connectivity index (χ0n) is 11.9. The molecule has 0 atom stereocenters. The summed E-state index contributed by atoms with van der Waals surface area (Å²) < 4.78 is 2.17. The van der Waals surface area contributed by atoms with Gasteiger partial charge < -0.3 is 10.2 Å². The fourth-order valence-electron chi connectivity index (χ4n) is 2.80. The Morgan fingerprint density at radius 2 is 1.86 bits per heavy atom. The fraction of sp³-hybridized carbons (Fsp3) is 0.562. The molecular weight excluding hydrogens is 396 g/mol. The molecule has 1 saturated carbocycles. The maximum Gasteiger partial charge on any atom is 0.225 e. The largest absolute Gasteiger partial charge is 0.342 e. The molecule has 0 radical (unpaired) electrons. The van der Waals surface area contributed by atoms with Gasteiger partial charge in [0, 0.05) is 40.5 Å². The summed E-state index contributed by atoms with van der Waals surface area (Å²) in [5, 5.41) is 3.61. The minimum atomic E-state index is 0.356. The average Bonchev–Trinajstić information content (AvgIpc) is 3.33. The van der Waals surface area contributed by atoms with E-state index in [-0.39, 0.29) is 0 Å². The number of amides is 1. The number of carbonyl (C=O) groups excluding carboxylic acids is 1. The van der Waals surface area contributed by atoms with E-state index in [1.807, 2.05) is 0 Å². The maximum absolute atomic E-state index is 12.0. The van der Waals surface area contributed by atoms with Gasteiger partial charge in [-0.15, -0.1) is 0 Å². The number of benzene rings is 1. The Hall–Kier alpha value is -0.390. The van der Waals surface area contributed by atoms with Crippen LogP contribution >= 0.6 is 31.9 Å². The summed E-state index contributed by atoms with van der Waals surface area (Å²) in [6.45, 7) is 2.71. The molecule has 0 unspecified atom stereocenters. The minimum Gasteiger partial charge on any atom is -0.342 e. The Bertz CT molecular complexity index is 523. The molecule has 0 bridgehead atoms. The van der Waals surface area contributed by atoms with Gasteiger partial charge in [0.2, 0.25) is 5.91 Å². The van der Waals surface area contributed by atoms with Gasteiger partial charge in [-0.05, 0) is 75.2 Å². The molecule has 1 aliphatic heterocycles. The number of hydrogen-bond donors (Lipinski definition) is 1. The lowest BCUT2D eigenvalue weighted by molar-refractivity contribution is -0.133. The molecule has 1 aromatic rings. The van der Waals surface area contributed by atoms with Crippen LogP contribution in [0.5, 0.6) is 0 Å². The topological polar surface area (TPSA) is 32.3 Å². The summed E-state index contributed by atoms with van der Waals surface area (Å²) in [7, 11) is 0. The molecule has 21 heavy (non-hydrogen) atoms. The van der Waals surface area contributed by atoms with Crippen molar-refractivity contribution in [2.45, 2.75) is 38.3 Å². The van der Waals surface area contributed by atoms with Gasteiger partial charge in [-0.25, -0.2) is 0 Å². The summed E-state index contributed by atoms with van der Waals surface area (Å²) in [5.74, 6) is 0.750. The smallest absolute Gasteiger partial charge is 0.225 e. The highest BCUT2D eigenvalue weighted by molar-refractivity contribution is 9.13. The van der Waals surface area contributed by atoms with E-state index < -0.39 is 0 Å². The van der Waals surface area contributed by atoms with E-state index in [1.54, 1.807) is 0 Å². The summed E-state index contributed by atoms with van der Waals surface area (Å²) in [6, 6.07) is 6.87. The van der Waals surface area contributed by atoms with Crippen LogP contribution in [0.2, 0.25) is 0 Å². The van der Waals surface area contributed by atoms with Crippen LogP contribution in [0.1, 0.15) is 31.2 Å². The Kier molecular flexibility index (Phi) is 5.02. The van der Waals surface area contributed by atoms with Crippen molar-refractivity contribution in [2.75, 3.05) is 13.1 Å². The molecule has 2 aliphatic rings. The van der Waals surface area contributed by atoms with Crippen molar-refractivity contribution in [1.29, 1.82) is 0 Å². The van der Waals surface area contributed by atoms with Crippen molar-refractivity contribution >= 4 is 37.8 Å². The van der Waals surface area contributed by atoms with Crippen molar-refractivity contribution in [2.24, 2.45) is 5.92 Å². The number of likely N-dealkylation sites (tertiary alicyclic amines) is 1. The van der Waals surface area contributed by atoms with E-state index >= 15 is 0 Å². The second-order valence-electron chi connectivity index (χ2n) is 6.00. The number of hydrogen-bond acceptors (Lipinski definition) is 2. The molecule has 5 heteroatoms. The summed E-state index contributed by atoms with van der Waals surface area (Å²) >= 11 is 7.03. The number of nitrogens with zero attached hydrogens (tertiary/aromatic N) is 1. The number of rotatable bonds is 4. The number of nitrogens with one attached hydrogen (secondary N) is 1. The van der Waals surface area contributed by atoms with Gasteiger partial charge in [0.1, 0.15) is 0 Å². The van der Waals surface area contributed by atoms with Crippen LogP contribution in [0.4, 0.5) is 0 Å². The van der Waals surface area contributed by atoms with E-state index in [1.165, 1.54) is 5.56 Å². The van der Waals surface area contributed by atoms with E-state index in [0.29, 0.717) is 17.9 Å². The molecule has 0 spiro atoms. The Morgan fingerprint density at radius 3 is 2.48 bits per heavy atom. The molecule has 3 rings (SSSR count). The lowest BCUT2D eigenvalue weighted by Crippen LogP contribution is -2.45. The second kappa shape index (κ2) is 6.80. The highest BCUT2D eigenvalue weighted by Gasteiger charge is 2.34. The average molecular weight is 416 g/mol. The minimum absolute atomic E-state index is 0.356. The third kappa shape index (κ3) is 4.08. The van der Waals surface area contributed by atoms with Gasteiger partial charge in [-0.1, -0.05) is 6.07 Å². The van der Waals surface area contributed by atoms with Gasteiger partial charge >= 0.3 is 0 Å². The van der Waals surface area contributed by atoms with E-state index in [4.69, 9.17) is 0 Å². The van der Waals surface area contributed by atoms with Crippen molar-refractivity contribution in [3.8, 4) is 0 Å². The molecule has 1 aromatic carbocycles. The Morgan fingerprint density at radius 1 is 1.14 bits per heavy atom. The van der Waals surface area contributed by atoms with Crippen LogP contribution in [0.15, 0.2) is 27.1 Å². The summed E-state index contributed by atoms with van der Waals surface area (Å²) in [6.07, 6.45) is 4.34. The summed E-state index contributed by atoms with van der Waals surface area (Å²) in [5.41, 5.74) is 1.28. The molecule has 1 amide bonds. The molecule has 1 saturated heterocycles. The van der Waals surface area contributed by atoms with Crippen LogP contribution < -0.4 is 5.32 Å². The predicted octanol–water partition coefficient (Wildman–Crippen LogP) is 3.70. The van der Waals surface area contributed by atoms with Crippen molar-refractivity contribution in [3.05, 3.63) is 32.7 Å². The zero-order valence-corrected chi connectivity index (χ0v) is 15.1. The fourth-order valence-corrected chi connectivity index (χ4v) is 3.48. The first-order valence-electron chi connectivity index (χ1n) is 7.59. The maximum atomic E-state index is 12.0. The molecule has 3 nitrogen and oxygen atoms in total. The predicted molar refractivity (Wildman–Crippen MR) is 91.0 cm³/mol. The van der Waals surface area contributed by atoms with Gasteiger partial charge in [-0.2, -0.15) is 0 Å². The monoisotopic (exact) mass is 414 g/mol. The van der Waals surface area contributed by atoms with E-state index in [9.17, 15) is 4.79 Å². The number of carbonyl (C=O) groups is 1. The molecular formula is C16H20Br2N2O. The van der Waals surface area contributed by atoms with E-state index in [0.717, 1.165) is 54.3 Å². The normalized spacial score (nSPS) is 19.8. The first-order valence-corrected chi connectivity index (χ1v) is 9.18. The first kappa shape index (κ1) is 15.5. The summed E-state index contributed by atoms with van der Waals surface area (Å²) in [4.78, 5) is 14.1. The van der Waals surface area contributed by atoms with Crippen molar-refractivity contribution < 1.29 is 4.79 Å². The SMILES string of the molecule is O=C(C1CC1)N1CCC(NCc2ccc(Br)c(Br)c2)CC1. The molecule has 0 aromatic heterocycles. The molecule has 114 valence electrons. The Labute approximate surface area is 142 Å². The van der Waals surface area contributed by atoms with Crippen molar-refractivity contribution in [1.82, 2.24) is 10.2 Å². The zero-order chi connectivity index (χ0) is 14.8. The van der Waals surface area contributed by atoms with Crippen LogP contribution in [-0.2, 0) is 11.3 Å². The van der Waals surface area contributed by atoms with Gasteiger partial charge in [0.25, 0.3) is 0 Å².